The summed E-state index contributed by atoms with van der Waals surface area (Å²) >= 11 is 6.42. The van der Waals surface area contributed by atoms with Gasteiger partial charge in [0, 0.05) is 63.0 Å². The summed E-state index contributed by atoms with van der Waals surface area (Å²) in [4.78, 5) is 21.4. The molecule has 1 N–H and O–H groups in total. The average Bonchev–Trinajstić information content (AvgIpc) is 3.17. The molecule has 3 fully saturated rings. The van der Waals surface area contributed by atoms with Crippen molar-refractivity contribution in [2.75, 3.05) is 57.8 Å². The molecule has 1 aliphatic carbocycles. The van der Waals surface area contributed by atoms with Crippen LogP contribution in [-0.4, -0.2) is 93.9 Å². The summed E-state index contributed by atoms with van der Waals surface area (Å²) < 4.78 is 43.0. The average molecular weight is 769 g/mol. The molecule has 2 bridgehead atoms. The third kappa shape index (κ3) is 8.72. The van der Waals surface area contributed by atoms with Crippen molar-refractivity contribution in [1.29, 1.82) is 0 Å². The van der Waals surface area contributed by atoms with E-state index in [1.54, 1.807) is 13.0 Å². The van der Waals surface area contributed by atoms with Crippen LogP contribution in [0.2, 0.25) is 5.02 Å². The molecule has 7 rings (SSSR count). The molecule has 0 aromatic heterocycles. The van der Waals surface area contributed by atoms with Crippen LogP contribution in [0.15, 0.2) is 36.4 Å². The zero-order chi connectivity index (χ0) is 37.2. The molecule has 1 saturated carbocycles. The van der Waals surface area contributed by atoms with Crippen LogP contribution in [0.5, 0.6) is 5.75 Å². The van der Waals surface area contributed by atoms with E-state index in [4.69, 9.17) is 21.1 Å². The van der Waals surface area contributed by atoms with Crippen molar-refractivity contribution in [3.8, 4) is 5.75 Å². The van der Waals surface area contributed by atoms with Crippen molar-refractivity contribution in [3.05, 3.63) is 58.1 Å². The first-order chi connectivity index (χ1) is 25.5. The molecular formula is C42H61ClN4O5S. The van der Waals surface area contributed by atoms with Gasteiger partial charge in [0.05, 0.1) is 16.5 Å². The molecule has 4 heterocycles. The van der Waals surface area contributed by atoms with E-state index in [1.807, 2.05) is 38.3 Å². The zero-order valence-corrected chi connectivity index (χ0v) is 33.7. The van der Waals surface area contributed by atoms with Crippen molar-refractivity contribution in [2.45, 2.75) is 114 Å². The number of nitrogens with one attached hydrogen (secondary N) is 1. The molecule has 2 aromatic rings. The van der Waals surface area contributed by atoms with Crippen molar-refractivity contribution >= 4 is 33.2 Å². The maximum Gasteiger partial charge on any atom is 0.264 e. The molecule has 1 amide bonds. The summed E-state index contributed by atoms with van der Waals surface area (Å²) in [6, 6.07) is 12.1. The van der Waals surface area contributed by atoms with Gasteiger partial charge in [-0.15, -0.1) is 0 Å². The number of carbonyl (C=O) groups excluding carboxylic acids is 1. The third-order valence-corrected chi connectivity index (χ3v) is 15.9. The molecule has 6 atom stereocenters. The fourth-order valence-electron chi connectivity index (χ4n) is 10.0. The number of ether oxygens (including phenoxy) is 2. The Kier molecular flexibility index (Phi) is 12.3. The standard InChI is InChI=1S/C42H61ClN4O5S/c1-30-9-8-18-42(51-3,19-22-45-23-24-46-20-7-5-11-37(46)28-45)38-16-13-34(38)27-47-21-6-4-10-32-25-36(43)15-12-35(32)29-52-40-17-14-33(26-39(40)47)41(48)44-53(49,50)31(30)2/h12,14-15,17,25-26,30-31,34,37-38H,4-11,13,16,18-24,27-29H2,1-3H3,(H,44,48)/t30-,31+,34-,37+,38+,42-/m0/s1. The summed E-state index contributed by atoms with van der Waals surface area (Å²) in [5.74, 6) is 0.816. The number of sulfonamides is 1. The van der Waals surface area contributed by atoms with Gasteiger partial charge in [0.25, 0.3) is 5.91 Å². The number of halogens is 1. The predicted octanol–water partition coefficient (Wildman–Crippen LogP) is 7.30. The zero-order valence-electron chi connectivity index (χ0n) is 32.2. The van der Waals surface area contributed by atoms with Crippen molar-refractivity contribution in [3.63, 3.8) is 0 Å². The normalized spacial score (nSPS) is 31.7. The van der Waals surface area contributed by atoms with Crippen molar-refractivity contribution < 1.29 is 22.7 Å². The SMILES string of the molecule is CO[C@]1(CCN2CCN3CCCC[C@@H]3C2)CCC[C@H](C)[C@@H](C)S(=O)(=O)NC(=O)c2ccc3c(c2)N(CCCCc2cc(Cl)ccc2CO3)C[C@@H]2CC[C@H]21. The fourth-order valence-corrected chi connectivity index (χ4v) is 11.5. The van der Waals surface area contributed by atoms with E-state index >= 15 is 0 Å². The number of carbonyl (C=O) groups is 1. The minimum Gasteiger partial charge on any atom is -0.487 e. The number of piperazine rings is 1. The van der Waals surface area contributed by atoms with Crippen LogP contribution >= 0.6 is 11.6 Å². The Morgan fingerprint density at radius 2 is 1.77 bits per heavy atom. The number of amides is 1. The highest BCUT2D eigenvalue weighted by atomic mass is 35.5. The number of benzene rings is 2. The van der Waals surface area contributed by atoms with Crippen LogP contribution in [0, 0.1) is 17.8 Å². The maximum absolute atomic E-state index is 13.6. The molecule has 0 spiro atoms. The number of piperidine rings is 1. The third-order valence-electron chi connectivity index (χ3n) is 13.7. The predicted molar refractivity (Wildman–Crippen MR) is 212 cm³/mol. The molecule has 4 aliphatic heterocycles. The van der Waals surface area contributed by atoms with E-state index < -0.39 is 21.2 Å². The molecule has 2 aromatic carbocycles. The molecule has 11 heteroatoms. The van der Waals surface area contributed by atoms with Gasteiger partial charge >= 0.3 is 0 Å². The molecule has 0 unspecified atom stereocenters. The molecule has 5 aliphatic rings. The van der Waals surface area contributed by atoms with E-state index in [2.05, 4.69) is 25.5 Å². The highest BCUT2D eigenvalue weighted by Crippen LogP contribution is 2.49. The quantitative estimate of drug-likeness (QED) is 0.347. The molecule has 292 valence electrons. The van der Waals surface area contributed by atoms with Gasteiger partial charge in [0.1, 0.15) is 12.4 Å². The Hall–Kier alpha value is -2.37. The number of anilines is 1. The second-order valence-corrected chi connectivity index (χ2v) is 19.3. The minimum atomic E-state index is -3.91. The van der Waals surface area contributed by atoms with Gasteiger partial charge in [0.2, 0.25) is 10.0 Å². The Morgan fingerprint density at radius 3 is 2.58 bits per heavy atom. The maximum atomic E-state index is 13.6. The fraction of sp³-hybridized carbons (Fsp3) is 0.690. The van der Waals surface area contributed by atoms with E-state index in [1.165, 1.54) is 31.4 Å². The van der Waals surface area contributed by atoms with E-state index in [0.717, 1.165) is 113 Å². The Bertz CT molecular complexity index is 1710. The lowest BCUT2D eigenvalue weighted by Gasteiger charge is -2.52. The van der Waals surface area contributed by atoms with Crippen LogP contribution in [-0.2, 0) is 27.8 Å². The van der Waals surface area contributed by atoms with Gasteiger partial charge in [-0.05, 0) is 137 Å². The molecule has 9 nitrogen and oxygen atoms in total. The minimum absolute atomic E-state index is 0.117. The summed E-state index contributed by atoms with van der Waals surface area (Å²) in [5, 5.41) is 0.0149. The molecule has 2 saturated heterocycles. The second kappa shape index (κ2) is 16.8. The first-order valence-electron chi connectivity index (χ1n) is 20.4. The Balaban J connectivity index is 1.20. The summed E-state index contributed by atoms with van der Waals surface area (Å²) in [7, 11) is -1.99. The summed E-state index contributed by atoms with van der Waals surface area (Å²) in [6.07, 6.45) is 12.6. The monoisotopic (exact) mass is 768 g/mol. The highest BCUT2D eigenvalue weighted by Gasteiger charge is 2.48. The second-order valence-electron chi connectivity index (χ2n) is 16.8. The number of nitrogens with zero attached hydrogens (tertiary/aromatic N) is 3. The molecular weight excluding hydrogens is 708 g/mol. The van der Waals surface area contributed by atoms with Crippen LogP contribution < -0.4 is 14.4 Å². The lowest BCUT2D eigenvalue weighted by Crippen LogP contribution is -2.57. The number of hydrogen-bond donors (Lipinski definition) is 1. The molecule has 53 heavy (non-hydrogen) atoms. The Morgan fingerprint density at radius 1 is 0.925 bits per heavy atom. The summed E-state index contributed by atoms with van der Waals surface area (Å²) in [6.45, 7) is 11.5. The largest absolute Gasteiger partial charge is 0.487 e. The van der Waals surface area contributed by atoms with E-state index in [9.17, 15) is 13.2 Å². The summed E-state index contributed by atoms with van der Waals surface area (Å²) in [5.41, 5.74) is 3.20. The van der Waals surface area contributed by atoms with Crippen LogP contribution in [0.1, 0.15) is 106 Å². The first-order valence-corrected chi connectivity index (χ1v) is 22.3. The van der Waals surface area contributed by atoms with Gasteiger partial charge in [-0.25, -0.2) is 13.1 Å². The van der Waals surface area contributed by atoms with Gasteiger partial charge in [-0.2, -0.15) is 0 Å². The number of fused-ring (bicyclic) bond motifs is 4. The lowest BCUT2D eigenvalue weighted by molar-refractivity contribution is -0.125. The van der Waals surface area contributed by atoms with Gasteiger partial charge in [-0.3, -0.25) is 9.69 Å². The van der Waals surface area contributed by atoms with Crippen molar-refractivity contribution in [2.24, 2.45) is 17.8 Å². The number of methoxy groups -OCH3 is 1. The van der Waals surface area contributed by atoms with Crippen molar-refractivity contribution in [1.82, 2.24) is 14.5 Å². The lowest BCUT2D eigenvalue weighted by atomic mass is 9.61. The van der Waals surface area contributed by atoms with Crippen LogP contribution in [0.3, 0.4) is 0 Å². The van der Waals surface area contributed by atoms with Gasteiger partial charge in [-0.1, -0.05) is 37.4 Å². The number of aryl methyl sites for hydroxylation is 1. The van der Waals surface area contributed by atoms with E-state index in [-0.39, 0.29) is 11.5 Å². The van der Waals surface area contributed by atoms with Crippen LogP contribution in [0.4, 0.5) is 5.69 Å². The highest BCUT2D eigenvalue weighted by molar-refractivity contribution is 7.90. The number of rotatable bonds is 4. The van der Waals surface area contributed by atoms with Crippen LogP contribution in [0.25, 0.3) is 0 Å². The topological polar surface area (TPSA) is 91.4 Å². The Labute approximate surface area is 323 Å². The smallest absolute Gasteiger partial charge is 0.264 e. The van der Waals surface area contributed by atoms with Gasteiger partial charge in [0.15, 0.2) is 0 Å². The number of hydrogen-bond acceptors (Lipinski definition) is 8. The van der Waals surface area contributed by atoms with E-state index in [0.29, 0.717) is 35.8 Å². The van der Waals surface area contributed by atoms with Gasteiger partial charge < -0.3 is 19.3 Å². The first kappa shape index (κ1) is 38.9. The molecule has 0 radical (unpaired) electrons.